The number of para-hydroxylation sites is 6. The van der Waals surface area contributed by atoms with Gasteiger partial charge in [-0.25, -0.2) is 4.98 Å². The fraction of sp³-hybridized carbons (Fsp3) is 0. The Morgan fingerprint density at radius 2 is 0.957 bits per heavy atom. The van der Waals surface area contributed by atoms with E-state index in [4.69, 9.17) is 4.98 Å². The first-order valence-corrected chi connectivity index (χ1v) is 16.0. The van der Waals surface area contributed by atoms with Crippen molar-refractivity contribution in [2.45, 2.75) is 0 Å². The lowest BCUT2D eigenvalue weighted by Gasteiger charge is -2.13. The van der Waals surface area contributed by atoms with E-state index in [1.165, 1.54) is 43.6 Å². The molecule has 3 heterocycles. The van der Waals surface area contributed by atoms with Crippen LogP contribution in [-0.2, 0) is 0 Å². The maximum absolute atomic E-state index is 5.18. The molecule has 0 unspecified atom stereocenters. The molecule has 0 spiro atoms. The van der Waals surface area contributed by atoms with Gasteiger partial charge in [-0.15, -0.1) is 0 Å². The topological polar surface area (TPSA) is 27.7 Å². The van der Waals surface area contributed by atoms with Crippen molar-refractivity contribution in [3.8, 4) is 28.5 Å². The van der Waals surface area contributed by atoms with Gasteiger partial charge in [0.1, 0.15) is 5.82 Å². The number of aromatic nitrogens is 4. The highest BCUT2D eigenvalue weighted by Crippen LogP contribution is 2.42. The second-order valence-corrected chi connectivity index (χ2v) is 12.0. The fourth-order valence-electron chi connectivity index (χ4n) is 7.47. The largest absolute Gasteiger partial charge is 0.309 e. The lowest BCUT2D eigenvalue weighted by atomic mass is 10.1. The highest BCUT2D eigenvalue weighted by atomic mass is 15.1. The van der Waals surface area contributed by atoms with E-state index in [1.807, 2.05) is 0 Å². The third kappa shape index (κ3) is 3.79. The van der Waals surface area contributed by atoms with Crippen LogP contribution < -0.4 is 0 Å². The normalized spacial score (nSPS) is 11.8. The molecule has 0 fully saturated rings. The Bertz CT molecular complexity index is 2780. The van der Waals surface area contributed by atoms with Gasteiger partial charge in [-0.05, 0) is 66.7 Å². The molecule has 0 aliphatic rings. The van der Waals surface area contributed by atoms with E-state index in [1.54, 1.807) is 0 Å². The molecule has 47 heavy (non-hydrogen) atoms. The van der Waals surface area contributed by atoms with Gasteiger partial charge in [-0.1, -0.05) is 103 Å². The van der Waals surface area contributed by atoms with E-state index in [-0.39, 0.29) is 0 Å². The van der Waals surface area contributed by atoms with Gasteiger partial charge < -0.3 is 9.13 Å². The van der Waals surface area contributed by atoms with E-state index in [2.05, 4.69) is 184 Å². The molecular formula is C43H28N4. The van der Waals surface area contributed by atoms with E-state index in [9.17, 15) is 0 Å². The number of benzene rings is 7. The number of fused-ring (bicyclic) bond motifs is 8. The van der Waals surface area contributed by atoms with E-state index in [0.29, 0.717) is 0 Å². The van der Waals surface area contributed by atoms with Gasteiger partial charge in [-0.2, -0.15) is 0 Å². The van der Waals surface area contributed by atoms with Crippen LogP contribution in [0.15, 0.2) is 170 Å². The Kier molecular flexibility index (Phi) is 5.54. The predicted octanol–water partition coefficient (Wildman–Crippen LogP) is 10.9. The molecule has 0 atom stereocenters. The summed E-state index contributed by atoms with van der Waals surface area (Å²) in [4.78, 5) is 5.18. The summed E-state index contributed by atoms with van der Waals surface area (Å²) < 4.78 is 7.12. The lowest BCUT2D eigenvalue weighted by Crippen LogP contribution is -1.99. The molecule has 0 amide bonds. The minimum Gasteiger partial charge on any atom is -0.309 e. The molecule has 0 aliphatic heterocycles. The van der Waals surface area contributed by atoms with Crippen LogP contribution in [0.5, 0.6) is 0 Å². The van der Waals surface area contributed by atoms with Gasteiger partial charge in [0, 0.05) is 44.2 Å². The second kappa shape index (κ2) is 10.1. The summed E-state index contributed by atoms with van der Waals surface area (Å²) in [5, 5.41) is 4.97. The van der Waals surface area contributed by atoms with Gasteiger partial charge in [-0.3, -0.25) is 4.57 Å². The van der Waals surface area contributed by atoms with E-state index >= 15 is 0 Å². The van der Waals surface area contributed by atoms with E-state index in [0.717, 1.165) is 39.5 Å². The molecule has 0 saturated heterocycles. The van der Waals surface area contributed by atoms with Crippen molar-refractivity contribution in [3.63, 3.8) is 0 Å². The fourth-order valence-corrected chi connectivity index (χ4v) is 7.47. The minimum atomic E-state index is 0.922. The van der Waals surface area contributed by atoms with Crippen molar-refractivity contribution in [1.29, 1.82) is 0 Å². The van der Waals surface area contributed by atoms with Crippen LogP contribution in [0, 0.1) is 0 Å². The summed E-state index contributed by atoms with van der Waals surface area (Å²) in [5.41, 5.74) is 11.3. The zero-order valence-corrected chi connectivity index (χ0v) is 25.5. The summed E-state index contributed by atoms with van der Waals surface area (Å²) in [5.74, 6) is 0.922. The molecule has 4 heteroatoms. The average molecular weight is 601 g/mol. The van der Waals surface area contributed by atoms with Crippen LogP contribution in [0.1, 0.15) is 0 Å². The summed E-state index contributed by atoms with van der Waals surface area (Å²) in [6.07, 6.45) is 0. The molecule has 4 nitrogen and oxygen atoms in total. The maximum atomic E-state index is 5.18. The number of hydrogen-bond acceptors (Lipinski definition) is 1. The molecule has 10 aromatic rings. The van der Waals surface area contributed by atoms with Crippen molar-refractivity contribution in [3.05, 3.63) is 170 Å². The first kappa shape index (κ1) is 25.9. The SMILES string of the molecule is c1ccc(-n2c(-c3cccc(-n4c5ccccc5c5ccc6c(c7ccccc7n6-c6ccccc6)c54)c3)nc3ccccc32)cc1. The first-order valence-electron chi connectivity index (χ1n) is 16.0. The van der Waals surface area contributed by atoms with Crippen LogP contribution in [0.4, 0.5) is 0 Å². The van der Waals surface area contributed by atoms with Gasteiger partial charge in [0.2, 0.25) is 0 Å². The molecule has 220 valence electrons. The molecule has 0 saturated carbocycles. The summed E-state index contributed by atoms with van der Waals surface area (Å²) in [6, 6.07) is 60.6. The molecule has 0 radical (unpaired) electrons. The zero-order chi connectivity index (χ0) is 30.9. The van der Waals surface area contributed by atoms with Gasteiger partial charge in [0.05, 0.1) is 33.1 Å². The smallest absolute Gasteiger partial charge is 0.145 e. The number of nitrogens with zero attached hydrogens (tertiary/aromatic N) is 4. The Morgan fingerprint density at radius 1 is 0.362 bits per heavy atom. The third-order valence-electron chi connectivity index (χ3n) is 9.42. The van der Waals surface area contributed by atoms with Crippen molar-refractivity contribution >= 4 is 54.6 Å². The first-order chi connectivity index (χ1) is 23.3. The van der Waals surface area contributed by atoms with Crippen molar-refractivity contribution in [2.75, 3.05) is 0 Å². The van der Waals surface area contributed by atoms with Crippen molar-refractivity contribution in [1.82, 2.24) is 18.7 Å². The second-order valence-electron chi connectivity index (χ2n) is 12.0. The molecule has 0 N–H and O–H groups in total. The number of rotatable bonds is 4. The quantitative estimate of drug-likeness (QED) is 0.197. The molecule has 0 aliphatic carbocycles. The van der Waals surface area contributed by atoms with E-state index < -0.39 is 0 Å². The van der Waals surface area contributed by atoms with Crippen LogP contribution >= 0.6 is 0 Å². The minimum absolute atomic E-state index is 0.922. The van der Waals surface area contributed by atoms with Gasteiger partial charge >= 0.3 is 0 Å². The Labute approximate surface area is 271 Å². The Balaban J connectivity index is 1.30. The van der Waals surface area contributed by atoms with Crippen molar-refractivity contribution < 1.29 is 0 Å². The van der Waals surface area contributed by atoms with Crippen LogP contribution in [0.3, 0.4) is 0 Å². The summed E-state index contributed by atoms with van der Waals surface area (Å²) in [6.45, 7) is 0. The number of imidazole rings is 1. The average Bonchev–Trinajstić information content (AvgIpc) is 3.80. The highest BCUT2D eigenvalue weighted by molar-refractivity contribution is 6.26. The predicted molar refractivity (Wildman–Crippen MR) is 195 cm³/mol. The van der Waals surface area contributed by atoms with Crippen molar-refractivity contribution in [2.24, 2.45) is 0 Å². The Hall–Kier alpha value is -6.39. The van der Waals surface area contributed by atoms with Crippen LogP contribution in [0.25, 0.3) is 83.1 Å². The monoisotopic (exact) mass is 600 g/mol. The van der Waals surface area contributed by atoms with Crippen LogP contribution in [-0.4, -0.2) is 18.7 Å². The third-order valence-corrected chi connectivity index (χ3v) is 9.42. The van der Waals surface area contributed by atoms with Gasteiger partial charge in [0.25, 0.3) is 0 Å². The molecule has 10 rings (SSSR count). The zero-order valence-electron chi connectivity index (χ0n) is 25.5. The lowest BCUT2D eigenvalue weighted by molar-refractivity contribution is 1.10. The highest BCUT2D eigenvalue weighted by Gasteiger charge is 2.21. The molecule has 3 aromatic heterocycles. The van der Waals surface area contributed by atoms with Crippen LogP contribution in [0.2, 0.25) is 0 Å². The standard InChI is InChI=1S/C43H28N4/c1-3-15-30(16-4-1)45-38-24-11-8-21-35(38)41-40(45)27-26-34-33-20-7-10-23-37(33)46(42(34)41)32-19-13-14-29(28-32)43-44-36-22-9-12-25-39(36)47(43)31-17-5-2-6-18-31/h1-28H. The molecular weight excluding hydrogens is 573 g/mol. The summed E-state index contributed by atoms with van der Waals surface area (Å²) >= 11 is 0. The molecule has 7 aromatic carbocycles. The summed E-state index contributed by atoms with van der Waals surface area (Å²) in [7, 11) is 0. The molecule has 0 bridgehead atoms. The van der Waals surface area contributed by atoms with Gasteiger partial charge in [0.15, 0.2) is 0 Å². The Morgan fingerprint density at radius 3 is 1.72 bits per heavy atom. The maximum Gasteiger partial charge on any atom is 0.145 e. The number of hydrogen-bond donors (Lipinski definition) is 0.